The zero-order chi connectivity index (χ0) is 12.7. The predicted octanol–water partition coefficient (Wildman–Crippen LogP) is 2.14. The van der Waals surface area contributed by atoms with Crippen molar-refractivity contribution >= 4 is 27.5 Å². The van der Waals surface area contributed by atoms with Crippen molar-refractivity contribution in [3.8, 4) is 0 Å². The minimum Gasteiger partial charge on any atom is -0.492 e. The molecule has 0 fully saturated rings. The second-order valence-corrected chi connectivity index (χ2v) is 4.45. The Balaban J connectivity index is 2.76. The Kier molecular flexibility index (Phi) is 2.95. The third-order valence-electron chi connectivity index (χ3n) is 3.11. The number of Topliss-reactive ketones (excluding diaryl/α,β-unsaturated/α-hetero) is 1. The van der Waals surface area contributed by atoms with Crippen LogP contribution >= 0.6 is 15.9 Å². The van der Waals surface area contributed by atoms with E-state index in [9.17, 15) is 9.59 Å². The predicted molar refractivity (Wildman–Crippen MR) is 66.5 cm³/mol. The van der Waals surface area contributed by atoms with Crippen molar-refractivity contribution in [2.24, 2.45) is 7.05 Å². The molecule has 0 N–H and O–H groups in total. The first-order valence-electron chi connectivity index (χ1n) is 5.11. The third kappa shape index (κ3) is 1.57. The molecule has 0 radical (unpaired) electrons. The number of carbonyl (C=O) groups is 2. The number of hydrogen-bond donors (Lipinski definition) is 0. The molecule has 1 heterocycles. The van der Waals surface area contributed by atoms with Crippen LogP contribution in [0.4, 0.5) is 0 Å². The van der Waals surface area contributed by atoms with Gasteiger partial charge in [-0.25, -0.2) is 0 Å². The Morgan fingerprint density at radius 1 is 1.41 bits per heavy atom. The van der Waals surface area contributed by atoms with Gasteiger partial charge in [-0.2, -0.15) is 0 Å². The van der Waals surface area contributed by atoms with Gasteiger partial charge in [-0.05, 0) is 12.5 Å². The van der Waals surface area contributed by atoms with Crippen LogP contribution in [0.1, 0.15) is 32.1 Å². The average molecular weight is 298 g/mol. The molecule has 90 valence electrons. The van der Waals surface area contributed by atoms with Crippen molar-refractivity contribution in [3.63, 3.8) is 0 Å². The number of aromatic nitrogens is 1. The summed E-state index contributed by atoms with van der Waals surface area (Å²) in [6, 6.07) is 0. The van der Waals surface area contributed by atoms with Crippen LogP contribution in [0.2, 0.25) is 0 Å². The van der Waals surface area contributed by atoms with Crippen molar-refractivity contribution in [1.29, 1.82) is 0 Å². The van der Waals surface area contributed by atoms with E-state index < -0.39 is 0 Å². The van der Waals surface area contributed by atoms with Gasteiger partial charge in [0.15, 0.2) is 5.76 Å². The van der Waals surface area contributed by atoms with Gasteiger partial charge < -0.3 is 9.30 Å². The smallest absolute Gasteiger partial charge is 0.230 e. The number of fused-ring (bicyclic) bond motifs is 1. The Morgan fingerprint density at radius 2 is 2.06 bits per heavy atom. The highest BCUT2D eigenvalue weighted by Crippen LogP contribution is 2.30. The van der Waals surface area contributed by atoms with Crippen molar-refractivity contribution < 1.29 is 14.3 Å². The van der Waals surface area contributed by atoms with Crippen molar-refractivity contribution in [2.75, 3.05) is 7.11 Å². The van der Waals surface area contributed by atoms with E-state index in [-0.39, 0.29) is 17.3 Å². The van der Waals surface area contributed by atoms with Crippen LogP contribution in [-0.4, -0.2) is 23.2 Å². The largest absolute Gasteiger partial charge is 0.492 e. The maximum atomic E-state index is 12.2. The van der Waals surface area contributed by atoms with Crippen molar-refractivity contribution in [2.45, 2.75) is 12.3 Å². The Bertz CT molecular complexity index is 555. The topological polar surface area (TPSA) is 48.3 Å². The fourth-order valence-corrected chi connectivity index (χ4v) is 2.77. The molecule has 1 aliphatic rings. The quantitative estimate of drug-likeness (QED) is 0.786. The molecule has 0 spiro atoms. The van der Waals surface area contributed by atoms with Gasteiger partial charge in [0.2, 0.25) is 11.6 Å². The van der Waals surface area contributed by atoms with E-state index in [2.05, 4.69) is 15.9 Å². The highest BCUT2D eigenvalue weighted by atomic mass is 79.9. The number of carbonyl (C=O) groups excluding carboxylic acids is 2. The lowest BCUT2D eigenvalue weighted by atomic mass is 9.97. The van der Waals surface area contributed by atoms with E-state index >= 15 is 0 Å². The summed E-state index contributed by atoms with van der Waals surface area (Å²) < 4.78 is 6.70. The second kappa shape index (κ2) is 4.14. The summed E-state index contributed by atoms with van der Waals surface area (Å²) in [7, 11) is 3.18. The SMILES string of the molecule is COC1=CC(=O)c2c(c(CBr)c(C)n2C)C1=O. The molecular weight excluding hydrogens is 286 g/mol. The molecule has 0 atom stereocenters. The molecule has 0 bridgehead atoms. The van der Waals surface area contributed by atoms with E-state index in [0.29, 0.717) is 16.6 Å². The van der Waals surface area contributed by atoms with Crippen LogP contribution in [0.15, 0.2) is 11.8 Å². The van der Waals surface area contributed by atoms with Crippen LogP contribution in [-0.2, 0) is 17.1 Å². The van der Waals surface area contributed by atoms with Gasteiger partial charge in [0.25, 0.3) is 0 Å². The minimum atomic E-state index is -0.222. The van der Waals surface area contributed by atoms with E-state index in [1.165, 1.54) is 13.2 Å². The van der Waals surface area contributed by atoms with E-state index in [4.69, 9.17) is 4.74 Å². The summed E-state index contributed by atoms with van der Waals surface area (Å²) in [6.07, 6.45) is 1.25. The van der Waals surface area contributed by atoms with Gasteiger partial charge in [-0.15, -0.1) is 0 Å². The van der Waals surface area contributed by atoms with Gasteiger partial charge in [0.1, 0.15) is 5.69 Å². The van der Waals surface area contributed by atoms with Crippen LogP contribution in [0.25, 0.3) is 0 Å². The number of nitrogens with zero attached hydrogens (tertiary/aromatic N) is 1. The van der Waals surface area contributed by atoms with Gasteiger partial charge in [-0.1, -0.05) is 15.9 Å². The van der Waals surface area contributed by atoms with Crippen molar-refractivity contribution in [3.05, 3.63) is 34.3 Å². The molecule has 0 saturated carbocycles. The third-order valence-corrected chi connectivity index (χ3v) is 3.67. The molecule has 1 aromatic rings. The molecule has 2 rings (SSSR count). The lowest BCUT2D eigenvalue weighted by Crippen LogP contribution is -2.19. The molecular formula is C12H12BrNO3. The minimum absolute atomic E-state index is 0.107. The number of ether oxygens (including phenoxy) is 1. The van der Waals surface area contributed by atoms with Gasteiger partial charge >= 0.3 is 0 Å². The van der Waals surface area contributed by atoms with Gasteiger partial charge in [0.05, 0.1) is 12.7 Å². The van der Waals surface area contributed by atoms with Gasteiger partial charge in [-0.3, -0.25) is 9.59 Å². The molecule has 1 aliphatic carbocycles. The lowest BCUT2D eigenvalue weighted by molar-refractivity contribution is 0.0913. The van der Waals surface area contributed by atoms with Crippen molar-refractivity contribution in [1.82, 2.24) is 4.57 Å². The Hall–Kier alpha value is -1.36. The average Bonchev–Trinajstić information content (AvgIpc) is 2.57. The first-order chi connectivity index (χ1) is 8.02. The summed E-state index contributed by atoms with van der Waals surface area (Å²) in [5.74, 6) is -0.301. The molecule has 0 aromatic carbocycles. The maximum Gasteiger partial charge on any atom is 0.230 e. The Morgan fingerprint density at radius 3 is 2.59 bits per heavy atom. The second-order valence-electron chi connectivity index (χ2n) is 3.89. The molecule has 1 aromatic heterocycles. The summed E-state index contributed by atoms with van der Waals surface area (Å²) >= 11 is 3.35. The van der Waals surface area contributed by atoms with Crippen LogP contribution in [0.3, 0.4) is 0 Å². The Labute approximate surface area is 107 Å². The summed E-state index contributed by atoms with van der Waals surface area (Å²) in [6.45, 7) is 1.89. The fraction of sp³-hybridized carbons (Fsp3) is 0.333. The summed E-state index contributed by atoms with van der Waals surface area (Å²) in [5.41, 5.74) is 2.68. The molecule has 17 heavy (non-hydrogen) atoms. The molecule has 4 nitrogen and oxygen atoms in total. The normalized spacial score (nSPS) is 14.7. The standard InChI is InChI=1S/C12H12BrNO3/c1-6-7(5-13)10-11(14(6)2)8(15)4-9(17-3)12(10)16/h4H,5H2,1-3H3. The zero-order valence-corrected chi connectivity index (χ0v) is 11.4. The first kappa shape index (κ1) is 12.1. The monoisotopic (exact) mass is 297 g/mol. The van der Waals surface area contributed by atoms with E-state index in [0.717, 1.165) is 11.3 Å². The zero-order valence-electron chi connectivity index (χ0n) is 9.83. The number of alkyl halides is 1. The fourth-order valence-electron chi connectivity index (χ4n) is 2.09. The summed E-state index contributed by atoms with van der Waals surface area (Å²) in [4.78, 5) is 24.1. The number of methoxy groups -OCH3 is 1. The van der Waals surface area contributed by atoms with Crippen LogP contribution in [0, 0.1) is 6.92 Å². The maximum absolute atomic E-state index is 12.2. The first-order valence-corrected chi connectivity index (χ1v) is 6.23. The molecule has 0 amide bonds. The van der Waals surface area contributed by atoms with Crippen LogP contribution in [0.5, 0.6) is 0 Å². The molecule has 0 aliphatic heterocycles. The van der Waals surface area contributed by atoms with E-state index in [1.807, 2.05) is 6.92 Å². The number of ketones is 2. The highest BCUT2D eigenvalue weighted by molar-refractivity contribution is 9.08. The number of rotatable bonds is 2. The molecule has 0 saturated heterocycles. The number of allylic oxidation sites excluding steroid dienone is 2. The van der Waals surface area contributed by atoms with E-state index in [1.54, 1.807) is 11.6 Å². The molecule has 5 heteroatoms. The number of halogens is 1. The lowest BCUT2D eigenvalue weighted by Gasteiger charge is -2.12. The molecule has 0 unspecified atom stereocenters. The number of hydrogen-bond acceptors (Lipinski definition) is 3. The highest BCUT2D eigenvalue weighted by Gasteiger charge is 2.33. The summed E-state index contributed by atoms with van der Waals surface area (Å²) in [5, 5.41) is 0.540. The van der Waals surface area contributed by atoms with Crippen LogP contribution < -0.4 is 0 Å². The van der Waals surface area contributed by atoms with Gasteiger partial charge in [0, 0.05) is 24.1 Å².